The Morgan fingerprint density at radius 3 is 3.10 bits per heavy atom. The predicted molar refractivity (Wildman–Crippen MR) is 36.4 cm³/mol. The first-order valence-corrected chi connectivity index (χ1v) is 3.30. The number of aldehydes is 1. The number of carbonyl (C=O) groups is 1. The first-order chi connectivity index (χ1) is 4.84. The Labute approximate surface area is 59.7 Å². The monoisotopic (exact) mass is 139 g/mol. The highest BCUT2D eigenvalue weighted by atomic mass is 16.1. The Morgan fingerprint density at radius 1 is 1.80 bits per heavy atom. The molecular formula is C7H11N2O+. The Hall–Kier alpha value is -1.12. The number of nitrogens with one attached hydrogen (secondary N) is 1. The van der Waals surface area contributed by atoms with Gasteiger partial charge in [0.25, 0.3) is 5.82 Å². The average molecular weight is 139 g/mol. The lowest BCUT2D eigenvalue weighted by Crippen LogP contribution is -2.30. The predicted octanol–water partition coefficient (Wildman–Crippen LogP) is -0.0293. The molecule has 0 atom stereocenters. The fourth-order valence-electron chi connectivity index (χ4n) is 0.881. The average Bonchev–Trinajstić information content (AvgIpc) is 2.31. The van der Waals surface area contributed by atoms with Crippen LogP contribution in [0.4, 0.5) is 0 Å². The minimum absolute atomic E-state index is 0.592. The van der Waals surface area contributed by atoms with Crippen LogP contribution < -0.4 is 4.57 Å². The summed E-state index contributed by atoms with van der Waals surface area (Å²) in [5.74, 6) is 1.09. The molecule has 0 fully saturated rings. The molecule has 0 aromatic carbocycles. The van der Waals surface area contributed by atoms with Crippen LogP contribution in [-0.4, -0.2) is 11.3 Å². The number of hydrogen-bond donors (Lipinski definition) is 1. The van der Waals surface area contributed by atoms with E-state index in [4.69, 9.17) is 0 Å². The minimum Gasteiger partial charge on any atom is -0.303 e. The molecule has 0 amide bonds. The number of aromatic amines is 1. The van der Waals surface area contributed by atoms with Gasteiger partial charge in [0.1, 0.15) is 18.7 Å². The molecule has 0 aliphatic heterocycles. The Bertz CT molecular complexity index is 217. The quantitative estimate of drug-likeness (QED) is 0.463. The lowest BCUT2D eigenvalue weighted by molar-refractivity contribution is -0.677. The van der Waals surface area contributed by atoms with E-state index in [1.807, 2.05) is 24.0 Å². The molecule has 0 saturated carbocycles. The fourth-order valence-corrected chi connectivity index (χ4v) is 0.881. The third-order valence-corrected chi connectivity index (χ3v) is 1.47. The van der Waals surface area contributed by atoms with E-state index >= 15 is 0 Å². The van der Waals surface area contributed by atoms with Crippen LogP contribution in [0.2, 0.25) is 0 Å². The molecular weight excluding hydrogens is 128 g/mol. The van der Waals surface area contributed by atoms with Crippen molar-refractivity contribution in [2.45, 2.75) is 12.8 Å². The molecule has 0 aliphatic carbocycles. The smallest absolute Gasteiger partial charge is 0.254 e. The van der Waals surface area contributed by atoms with Crippen LogP contribution in [0.15, 0.2) is 12.4 Å². The van der Waals surface area contributed by atoms with Crippen molar-refractivity contribution in [2.75, 3.05) is 0 Å². The van der Waals surface area contributed by atoms with E-state index in [0.29, 0.717) is 6.42 Å². The molecule has 10 heavy (non-hydrogen) atoms. The summed E-state index contributed by atoms with van der Waals surface area (Å²) in [5.41, 5.74) is 0. The Kier molecular flexibility index (Phi) is 2.20. The van der Waals surface area contributed by atoms with Crippen LogP contribution in [0.5, 0.6) is 0 Å². The van der Waals surface area contributed by atoms with E-state index in [9.17, 15) is 4.79 Å². The molecule has 0 spiro atoms. The normalized spacial score (nSPS) is 9.70. The largest absolute Gasteiger partial charge is 0.303 e. The molecule has 1 aromatic heterocycles. The molecule has 1 aromatic rings. The second kappa shape index (κ2) is 3.15. The lowest BCUT2D eigenvalue weighted by Gasteiger charge is -1.87. The number of hydrogen-bond acceptors (Lipinski definition) is 1. The third-order valence-electron chi connectivity index (χ3n) is 1.47. The van der Waals surface area contributed by atoms with Crippen LogP contribution in [0.1, 0.15) is 12.2 Å². The van der Waals surface area contributed by atoms with Crippen molar-refractivity contribution in [3.63, 3.8) is 0 Å². The SMILES string of the molecule is C[n+]1cc[nH]c1CCC=O. The van der Waals surface area contributed by atoms with E-state index < -0.39 is 0 Å². The van der Waals surface area contributed by atoms with Crippen molar-refractivity contribution in [1.29, 1.82) is 0 Å². The van der Waals surface area contributed by atoms with Gasteiger partial charge in [0, 0.05) is 6.42 Å². The molecule has 0 aliphatic rings. The summed E-state index contributed by atoms with van der Waals surface area (Å²) in [5, 5.41) is 0. The molecule has 1 heterocycles. The van der Waals surface area contributed by atoms with Crippen LogP contribution in [-0.2, 0) is 18.3 Å². The van der Waals surface area contributed by atoms with Gasteiger partial charge >= 0.3 is 0 Å². The van der Waals surface area contributed by atoms with E-state index in [0.717, 1.165) is 18.5 Å². The van der Waals surface area contributed by atoms with Crippen LogP contribution >= 0.6 is 0 Å². The summed E-state index contributed by atoms with van der Waals surface area (Å²) in [6, 6.07) is 0. The van der Waals surface area contributed by atoms with Gasteiger partial charge in [0.15, 0.2) is 0 Å². The van der Waals surface area contributed by atoms with Gasteiger partial charge in [-0.1, -0.05) is 0 Å². The lowest BCUT2D eigenvalue weighted by atomic mass is 10.3. The van der Waals surface area contributed by atoms with Gasteiger partial charge < -0.3 is 4.79 Å². The van der Waals surface area contributed by atoms with Gasteiger partial charge in [-0.3, -0.25) is 0 Å². The number of H-pyrrole nitrogens is 1. The fraction of sp³-hybridized carbons (Fsp3) is 0.429. The van der Waals surface area contributed by atoms with Crippen molar-refractivity contribution >= 4 is 6.29 Å². The molecule has 0 radical (unpaired) electrons. The highest BCUT2D eigenvalue weighted by molar-refractivity contribution is 5.49. The van der Waals surface area contributed by atoms with E-state index in [1.165, 1.54) is 0 Å². The van der Waals surface area contributed by atoms with Gasteiger partial charge in [0.2, 0.25) is 0 Å². The standard InChI is InChI=1S/C7H10N2O/c1-9-5-4-8-7(9)3-2-6-10/h4-6H,2-3H2,1H3/p+1. The van der Waals surface area contributed by atoms with Crippen molar-refractivity contribution in [2.24, 2.45) is 7.05 Å². The van der Waals surface area contributed by atoms with Gasteiger partial charge in [0.05, 0.1) is 13.5 Å². The molecule has 0 bridgehead atoms. The maximum absolute atomic E-state index is 9.99. The highest BCUT2D eigenvalue weighted by Crippen LogP contribution is 1.88. The van der Waals surface area contributed by atoms with Crippen LogP contribution in [0.3, 0.4) is 0 Å². The molecule has 3 heteroatoms. The van der Waals surface area contributed by atoms with Crippen molar-refractivity contribution in [3.05, 3.63) is 18.2 Å². The van der Waals surface area contributed by atoms with E-state index in [-0.39, 0.29) is 0 Å². The summed E-state index contributed by atoms with van der Waals surface area (Å²) in [6.07, 6.45) is 6.11. The van der Waals surface area contributed by atoms with Crippen LogP contribution in [0.25, 0.3) is 0 Å². The third kappa shape index (κ3) is 1.43. The zero-order valence-corrected chi connectivity index (χ0v) is 6.00. The number of imidazole rings is 1. The molecule has 54 valence electrons. The van der Waals surface area contributed by atoms with Gasteiger partial charge in [-0.2, -0.15) is 0 Å². The van der Waals surface area contributed by atoms with Gasteiger partial charge in [-0.25, -0.2) is 9.55 Å². The molecule has 1 N–H and O–H groups in total. The number of nitrogens with zero attached hydrogens (tertiary/aromatic N) is 1. The number of aromatic nitrogens is 2. The maximum atomic E-state index is 9.99. The van der Waals surface area contributed by atoms with Crippen molar-refractivity contribution in [3.8, 4) is 0 Å². The van der Waals surface area contributed by atoms with E-state index in [1.54, 1.807) is 0 Å². The summed E-state index contributed by atoms with van der Waals surface area (Å²) >= 11 is 0. The second-order valence-electron chi connectivity index (χ2n) is 2.22. The summed E-state index contributed by atoms with van der Waals surface area (Å²) < 4.78 is 1.98. The molecule has 1 rings (SSSR count). The molecule has 0 unspecified atom stereocenters. The first kappa shape index (κ1) is 6.99. The highest BCUT2D eigenvalue weighted by Gasteiger charge is 2.03. The maximum Gasteiger partial charge on any atom is 0.254 e. The molecule has 3 nitrogen and oxygen atoms in total. The summed E-state index contributed by atoms with van der Waals surface area (Å²) in [4.78, 5) is 13.0. The summed E-state index contributed by atoms with van der Waals surface area (Å²) in [6.45, 7) is 0. The Balaban J connectivity index is 2.56. The zero-order chi connectivity index (χ0) is 7.40. The second-order valence-corrected chi connectivity index (χ2v) is 2.22. The number of rotatable bonds is 3. The number of aryl methyl sites for hydroxylation is 2. The zero-order valence-electron chi connectivity index (χ0n) is 6.00. The first-order valence-electron chi connectivity index (χ1n) is 3.30. The van der Waals surface area contributed by atoms with Gasteiger partial charge in [-0.15, -0.1) is 0 Å². The minimum atomic E-state index is 0.592. The van der Waals surface area contributed by atoms with Crippen molar-refractivity contribution < 1.29 is 9.36 Å². The number of carbonyl (C=O) groups excluding carboxylic acids is 1. The molecule has 0 saturated heterocycles. The van der Waals surface area contributed by atoms with Gasteiger partial charge in [-0.05, 0) is 0 Å². The topological polar surface area (TPSA) is 36.7 Å². The van der Waals surface area contributed by atoms with Crippen LogP contribution in [0, 0.1) is 0 Å². The summed E-state index contributed by atoms with van der Waals surface area (Å²) in [7, 11) is 1.95. The Morgan fingerprint density at radius 2 is 2.60 bits per heavy atom. The van der Waals surface area contributed by atoms with Crippen molar-refractivity contribution in [1.82, 2.24) is 4.98 Å². The van der Waals surface area contributed by atoms with E-state index in [2.05, 4.69) is 4.98 Å².